The molecular weight excluding hydrogens is 384 g/mol. The fraction of sp³-hybridized carbons (Fsp3) is 0.280. The fourth-order valence-electron chi connectivity index (χ4n) is 4.60. The Morgan fingerprint density at radius 3 is 2.39 bits per heavy atom. The molecule has 0 aliphatic heterocycles. The lowest BCUT2D eigenvalue weighted by molar-refractivity contribution is 0.396. The van der Waals surface area contributed by atoms with Crippen molar-refractivity contribution in [3.63, 3.8) is 0 Å². The summed E-state index contributed by atoms with van der Waals surface area (Å²) < 4.78 is 1.75. The summed E-state index contributed by atoms with van der Waals surface area (Å²) in [4.78, 5) is 4.56. The van der Waals surface area contributed by atoms with Crippen LogP contribution in [0, 0.1) is 0 Å². The minimum Gasteiger partial charge on any atom is -0.382 e. The highest BCUT2D eigenvalue weighted by molar-refractivity contribution is 5.80. The number of aromatic nitrogens is 3. The van der Waals surface area contributed by atoms with Crippen molar-refractivity contribution in [1.82, 2.24) is 14.6 Å². The molecule has 31 heavy (non-hydrogen) atoms. The third kappa shape index (κ3) is 4.11. The van der Waals surface area contributed by atoms with Crippen LogP contribution < -0.4 is 16.8 Å². The maximum absolute atomic E-state index is 6.44. The summed E-state index contributed by atoms with van der Waals surface area (Å²) in [5, 5.41) is 8.16. The maximum atomic E-state index is 6.44. The van der Waals surface area contributed by atoms with Crippen molar-refractivity contribution >= 4 is 22.8 Å². The minimum absolute atomic E-state index is 0.286. The normalized spacial score (nSPS) is 18.9. The van der Waals surface area contributed by atoms with E-state index in [4.69, 9.17) is 11.5 Å². The average molecular weight is 413 g/mol. The molecule has 0 bridgehead atoms. The standard InChI is InChI=1S/C25H28N6/c26-20-10-8-19(9-11-20)22-23(25-28-14-15-31(25)30-24(22)27)29-21-12-6-18(7-13-21)16-17-4-2-1-3-5-17/h1-7,12-15,19-20,29H,8-11,16,26H2,(H2,27,30)/t19-,20-. The van der Waals surface area contributed by atoms with Gasteiger partial charge in [0.15, 0.2) is 5.65 Å². The SMILES string of the molecule is Nc1nn2ccnc2c(Nc2ccc(Cc3ccccc3)cc2)c1[C@H]1CC[C@H](N)CC1. The first-order chi connectivity index (χ1) is 15.2. The molecule has 6 heteroatoms. The van der Waals surface area contributed by atoms with Gasteiger partial charge in [0.1, 0.15) is 5.82 Å². The number of nitrogens with two attached hydrogens (primary N) is 2. The van der Waals surface area contributed by atoms with E-state index in [-0.39, 0.29) is 6.04 Å². The highest BCUT2D eigenvalue weighted by atomic mass is 15.3. The van der Waals surface area contributed by atoms with Gasteiger partial charge in [-0.2, -0.15) is 0 Å². The van der Waals surface area contributed by atoms with E-state index >= 15 is 0 Å². The average Bonchev–Trinajstić information content (AvgIpc) is 3.25. The monoisotopic (exact) mass is 412 g/mol. The molecule has 158 valence electrons. The number of imidazole rings is 1. The molecule has 5 N–H and O–H groups in total. The number of benzene rings is 2. The Morgan fingerprint density at radius 2 is 1.65 bits per heavy atom. The van der Waals surface area contributed by atoms with Crippen molar-refractivity contribution in [3.8, 4) is 0 Å². The summed E-state index contributed by atoms with van der Waals surface area (Å²) in [7, 11) is 0. The van der Waals surface area contributed by atoms with Gasteiger partial charge >= 0.3 is 0 Å². The Labute approximate surface area is 182 Å². The van der Waals surface area contributed by atoms with E-state index in [1.54, 1.807) is 10.7 Å². The largest absolute Gasteiger partial charge is 0.382 e. The van der Waals surface area contributed by atoms with Gasteiger partial charge in [-0.15, -0.1) is 5.10 Å². The van der Waals surface area contributed by atoms with Gasteiger partial charge < -0.3 is 16.8 Å². The van der Waals surface area contributed by atoms with Gasteiger partial charge in [0.05, 0.1) is 5.69 Å². The number of nitrogens with one attached hydrogen (secondary N) is 1. The lowest BCUT2D eigenvalue weighted by Gasteiger charge is -2.28. The number of fused-ring (bicyclic) bond motifs is 1. The highest BCUT2D eigenvalue weighted by Crippen LogP contribution is 2.41. The maximum Gasteiger partial charge on any atom is 0.177 e. The Hall–Kier alpha value is -3.38. The second kappa shape index (κ2) is 8.40. The van der Waals surface area contributed by atoms with Gasteiger partial charge in [-0.3, -0.25) is 0 Å². The first-order valence-corrected chi connectivity index (χ1v) is 11.0. The molecule has 1 fully saturated rings. The first kappa shape index (κ1) is 19.6. The van der Waals surface area contributed by atoms with E-state index in [0.717, 1.165) is 54.7 Å². The van der Waals surface area contributed by atoms with Crippen molar-refractivity contribution in [2.24, 2.45) is 5.73 Å². The summed E-state index contributed by atoms with van der Waals surface area (Å²) in [5.41, 5.74) is 19.0. The molecule has 1 saturated carbocycles. The van der Waals surface area contributed by atoms with E-state index in [2.05, 4.69) is 63.9 Å². The van der Waals surface area contributed by atoms with Crippen LogP contribution in [-0.2, 0) is 6.42 Å². The molecule has 1 aliphatic rings. The van der Waals surface area contributed by atoms with Crippen molar-refractivity contribution in [2.75, 3.05) is 11.1 Å². The molecule has 2 aromatic heterocycles. The molecule has 0 radical (unpaired) electrons. The summed E-state index contributed by atoms with van der Waals surface area (Å²) in [5.74, 6) is 0.906. The summed E-state index contributed by atoms with van der Waals surface area (Å²) in [6.07, 6.45) is 8.58. The van der Waals surface area contributed by atoms with Crippen LogP contribution in [0.15, 0.2) is 67.0 Å². The molecule has 0 unspecified atom stereocenters. The molecule has 0 atom stereocenters. The lowest BCUT2D eigenvalue weighted by Crippen LogP contribution is -2.26. The summed E-state index contributed by atoms with van der Waals surface area (Å²) in [6.45, 7) is 0. The van der Waals surface area contributed by atoms with Crippen molar-refractivity contribution in [1.29, 1.82) is 0 Å². The lowest BCUT2D eigenvalue weighted by atomic mass is 9.81. The van der Waals surface area contributed by atoms with Crippen molar-refractivity contribution in [2.45, 2.75) is 44.1 Å². The van der Waals surface area contributed by atoms with Crippen molar-refractivity contribution in [3.05, 3.63) is 83.7 Å². The topological polar surface area (TPSA) is 94.3 Å². The quantitative estimate of drug-likeness (QED) is 0.444. The molecule has 2 aromatic carbocycles. The number of nitrogens with zero attached hydrogens (tertiary/aromatic N) is 3. The zero-order chi connectivity index (χ0) is 21.2. The van der Waals surface area contributed by atoms with Gasteiger partial charge in [0.2, 0.25) is 0 Å². The smallest absolute Gasteiger partial charge is 0.177 e. The predicted octanol–water partition coefficient (Wildman–Crippen LogP) is 4.63. The predicted molar refractivity (Wildman–Crippen MR) is 126 cm³/mol. The third-order valence-corrected chi connectivity index (χ3v) is 6.26. The van der Waals surface area contributed by atoms with Crippen LogP contribution >= 0.6 is 0 Å². The Bertz CT molecular complexity index is 1160. The van der Waals surface area contributed by atoms with Crippen LogP contribution in [0.1, 0.15) is 48.3 Å². The molecule has 1 aliphatic carbocycles. The number of hydrogen-bond acceptors (Lipinski definition) is 5. The molecule has 5 rings (SSSR count). The van der Waals surface area contributed by atoms with E-state index in [0.29, 0.717) is 11.7 Å². The summed E-state index contributed by atoms with van der Waals surface area (Å²) in [6, 6.07) is 19.4. The van der Waals surface area contributed by atoms with E-state index in [1.807, 2.05) is 12.3 Å². The molecule has 0 spiro atoms. The van der Waals surface area contributed by atoms with Crippen LogP contribution in [0.2, 0.25) is 0 Å². The molecule has 6 nitrogen and oxygen atoms in total. The number of nitrogen functional groups attached to an aromatic ring is 1. The minimum atomic E-state index is 0.286. The van der Waals surface area contributed by atoms with Gasteiger partial charge in [-0.1, -0.05) is 42.5 Å². The van der Waals surface area contributed by atoms with Crippen LogP contribution in [0.25, 0.3) is 5.65 Å². The molecule has 2 heterocycles. The van der Waals surface area contributed by atoms with E-state index in [1.165, 1.54) is 11.1 Å². The zero-order valence-corrected chi connectivity index (χ0v) is 17.5. The molecule has 0 amide bonds. The fourth-order valence-corrected chi connectivity index (χ4v) is 4.60. The van der Waals surface area contributed by atoms with Crippen LogP contribution in [0.4, 0.5) is 17.2 Å². The third-order valence-electron chi connectivity index (χ3n) is 6.26. The molecular formula is C25H28N6. The highest BCUT2D eigenvalue weighted by Gasteiger charge is 2.27. The zero-order valence-electron chi connectivity index (χ0n) is 17.5. The Balaban J connectivity index is 1.45. The van der Waals surface area contributed by atoms with Crippen LogP contribution in [0.3, 0.4) is 0 Å². The second-order valence-electron chi connectivity index (χ2n) is 8.47. The van der Waals surface area contributed by atoms with E-state index < -0.39 is 0 Å². The number of rotatable bonds is 5. The van der Waals surface area contributed by atoms with Gasteiger partial charge in [0, 0.05) is 29.7 Å². The van der Waals surface area contributed by atoms with Crippen LogP contribution in [0.5, 0.6) is 0 Å². The molecule has 0 saturated heterocycles. The van der Waals surface area contributed by atoms with Gasteiger partial charge in [-0.25, -0.2) is 9.50 Å². The number of anilines is 3. The van der Waals surface area contributed by atoms with E-state index in [9.17, 15) is 0 Å². The second-order valence-corrected chi connectivity index (χ2v) is 8.47. The number of hydrogen-bond donors (Lipinski definition) is 3. The Kier molecular flexibility index (Phi) is 5.30. The Morgan fingerprint density at radius 1 is 0.935 bits per heavy atom. The van der Waals surface area contributed by atoms with Gasteiger partial charge in [-0.05, 0) is 61.3 Å². The summed E-state index contributed by atoms with van der Waals surface area (Å²) >= 11 is 0. The first-order valence-electron chi connectivity index (χ1n) is 11.0. The van der Waals surface area contributed by atoms with Crippen molar-refractivity contribution < 1.29 is 0 Å². The van der Waals surface area contributed by atoms with Crippen LogP contribution in [-0.4, -0.2) is 20.6 Å². The molecule has 4 aromatic rings. The van der Waals surface area contributed by atoms with Gasteiger partial charge in [0.25, 0.3) is 0 Å².